The second-order valence-corrected chi connectivity index (χ2v) is 4.98. The molecular weight excluding hydrogens is 204 g/mol. The fourth-order valence-corrected chi connectivity index (χ4v) is 2.27. The van der Waals surface area contributed by atoms with Gasteiger partial charge in [-0.3, -0.25) is 14.5 Å². The Hall–Kier alpha value is -0.900. The molecule has 0 bridgehead atoms. The van der Waals surface area contributed by atoms with Crippen LogP contribution in [0.5, 0.6) is 0 Å². The maximum absolute atomic E-state index is 11.7. The second-order valence-electron chi connectivity index (χ2n) is 4.98. The summed E-state index contributed by atoms with van der Waals surface area (Å²) in [5.41, 5.74) is 0. The lowest BCUT2D eigenvalue weighted by atomic mass is 9.93. The van der Waals surface area contributed by atoms with Gasteiger partial charge in [-0.25, -0.2) is 0 Å². The van der Waals surface area contributed by atoms with E-state index in [9.17, 15) is 9.59 Å². The van der Waals surface area contributed by atoms with Crippen molar-refractivity contribution in [1.29, 1.82) is 0 Å². The predicted molar refractivity (Wildman–Crippen MR) is 61.1 cm³/mol. The van der Waals surface area contributed by atoms with Crippen molar-refractivity contribution in [1.82, 2.24) is 10.2 Å². The van der Waals surface area contributed by atoms with Gasteiger partial charge in [0.2, 0.25) is 5.91 Å². The van der Waals surface area contributed by atoms with E-state index in [1.54, 1.807) is 0 Å². The molecule has 16 heavy (non-hydrogen) atoms. The van der Waals surface area contributed by atoms with E-state index in [1.165, 1.54) is 0 Å². The monoisotopic (exact) mass is 224 g/mol. The van der Waals surface area contributed by atoms with Crippen molar-refractivity contribution in [2.24, 2.45) is 0 Å². The molecule has 0 spiro atoms. The minimum Gasteiger partial charge on any atom is -0.352 e. The van der Waals surface area contributed by atoms with Gasteiger partial charge in [0.05, 0.1) is 12.6 Å². The Balaban J connectivity index is 1.78. The van der Waals surface area contributed by atoms with Gasteiger partial charge in [0.15, 0.2) is 0 Å². The molecule has 0 aliphatic heterocycles. The number of nitrogens with one attached hydrogen (secondary N) is 1. The number of Topliss-reactive ketones (excluding diaryl/α,β-unsaturated/α-hetero) is 1. The third kappa shape index (κ3) is 3.04. The molecule has 2 rings (SSSR count). The molecule has 0 saturated heterocycles. The number of likely N-dealkylation sites (N-methyl/N-ethyl adjacent to an activating group) is 1. The summed E-state index contributed by atoms with van der Waals surface area (Å²) in [6.07, 6.45) is 5.92. The first kappa shape index (κ1) is 11.6. The first-order chi connectivity index (χ1) is 7.66. The van der Waals surface area contributed by atoms with Crippen LogP contribution < -0.4 is 5.32 Å². The Morgan fingerprint density at radius 1 is 1.38 bits per heavy atom. The Labute approximate surface area is 96.4 Å². The number of rotatable bonds is 4. The van der Waals surface area contributed by atoms with Crippen molar-refractivity contribution in [2.45, 2.75) is 50.6 Å². The minimum atomic E-state index is -0.0290. The van der Waals surface area contributed by atoms with E-state index in [0.717, 1.165) is 32.1 Å². The summed E-state index contributed by atoms with van der Waals surface area (Å²) >= 11 is 0. The van der Waals surface area contributed by atoms with Crippen molar-refractivity contribution in [2.75, 3.05) is 13.6 Å². The fourth-order valence-electron chi connectivity index (χ4n) is 2.27. The third-order valence-electron chi connectivity index (χ3n) is 3.39. The lowest BCUT2D eigenvalue weighted by Gasteiger charge is -2.29. The summed E-state index contributed by atoms with van der Waals surface area (Å²) in [6, 6.07) is 0.377. The molecule has 0 radical (unpaired) electrons. The van der Waals surface area contributed by atoms with Crippen LogP contribution in [-0.4, -0.2) is 42.3 Å². The summed E-state index contributed by atoms with van der Waals surface area (Å²) in [5, 5.41) is 2.95. The number of nitrogens with zero attached hydrogens (tertiary/aromatic N) is 1. The standard InChI is InChI=1S/C12H20N2O2/c1-14(8-12(16)13-9-6-7-9)10-4-2-3-5-11(10)15/h9-10H,2-8H2,1H3,(H,13,16). The first-order valence-electron chi connectivity index (χ1n) is 6.19. The van der Waals surface area contributed by atoms with Crippen LogP contribution in [0.25, 0.3) is 0 Å². The second kappa shape index (κ2) is 4.95. The molecule has 4 heteroatoms. The lowest BCUT2D eigenvalue weighted by Crippen LogP contribution is -2.45. The molecule has 1 N–H and O–H groups in total. The highest BCUT2D eigenvalue weighted by Crippen LogP contribution is 2.20. The highest BCUT2D eigenvalue weighted by molar-refractivity contribution is 5.86. The van der Waals surface area contributed by atoms with Crippen molar-refractivity contribution in [3.63, 3.8) is 0 Å². The quantitative estimate of drug-likeness (QED) is 0.765. The van der Waals surface area contributed by atoms with Crippen LogP contribution in [0.15, 0.2) is 0 Å². The first-order valence-corrected chi connectivity index (χ1v) is 6.19. The molecule has 2 saturated carbocycles. The number of hydrogen-bond acceptors (Lipinski definition) is 3. The third-order valence-corrected chi connectivity index (χ3v) is 3.39. The van der Waals surface area contributed by atoms with Gasteiger partial charge in [-0.1, -0.05) is 6.42 Å². The average molecular weight is 224 g/mol. The highest BCUT2D eigenvalue weighted by Gasteiger charge is 2.28. The van der Waals surface area contributed by atoms with Gasteiger partial charge in [0.25, 0.3) is 0 Å². The van der Waals surface area contributed by atoms with E-state index >= 15 is 0 Å². The molecule has 0 aromatic rings. The molecular formula is C12H20N2O2. The highest BCUT2D eigenvalue weighted by atomic mass is 16.2. The van der Waals surface area contributed by atoms with Crippen LogP contribution in [0.2, 0.25) is 0 Å². The number of carbonyl (C=O) groups is 2. The summed E-state index contributed by atoms with van der Waals surface area (Å²) in [4.78, 5) is 25.2. The maximum Gasteiger partial charge on any atom is 0.234 e. The van der Waals surface area contributed by atoms with E-state index in [2.05, 4.69) is 5.32 Å². The Morgan fingerprint density at radius 3 is 2.75 bits per heavy atom. The fraction of sp³-hybridized carbons (Fsp3) is 0.833. The molecule has 2 aliphatic rings. The molecule has 1 atom stereocenters. The van der Waals surface area contributed by atoms with Gasteiger partial charge >= 0.3 is 0 Å². The van der Waals surface area contributed by atoms with Crippen LogP contribution in [-0.2, 0) is 9.59 Å². The van der Waals surface area contributed by atoms with Crippen molar-refractivity contribution in [3.8, 4) is 0 Å². The van der Waals surface area contributed by atoms with Crippen LogP contribution in [0.3, 0.4) is 0 Å². The largest absolute Gasteiger partial charge is 0.352 e. The molecule has 4 nitrogen and oxygen atoms in total. The summed E-state index contributed by atoms with van der Waals surface area (Å²) in [6.45, 7) is 0.354. The van der Waals surface area contributed by atoms with E-state index in [4.69, 9.17) is 0 Å². The van der Waals surface area contributed by atoms with Crippen molar-refractivity contribution < 1.29 is 9.59 Å². The molecule has 0 heterocycles. The lowest BCUT2D eigenvalue weighted by molar-refractivity contribution is -0.128. The number of amides is 1. The summed E-state index contributed by atoms with van der Waals surface area (Å²) < 4.78 is 0. The van der Waals surface area contributed by atoms with Crippen molar-refractivity contribution in [3.05, 3.63) is 0 Å². The van der Waals surface area contributed by atoms with Gasteiger partial charge < -0.3 is 5.32 Å². The van der Waals surface area contributed by atoms with E-state index in [-0.39, 0.29) is 11.9 Å². The zero-order valence-corrected chi connectivity index (χ0v) is 9.87. The zero-order valence-electron chi connectivity index (χ0n) is 9.87. The SMILES string of the molecule is CN(CC(=O)NC1CC1)C1CCCCC1=O. The van der Waals surface area contributed by atoms with Gasteiger partial charge in [-0.15, -0.1) is 0 Å². The summed E-state index contributed by atoms with van der Waals surface area (Å²) in [7, 11) is 1.88. The number of ketones is 1. The van der Waals surface area contributed by atoms with Gasteiger partial charge in [0.1, 0.15) is 5.78 Å². The Kier molecular flexibility index (Phi) is 3.59. The number of hydrogen-bond donors (Lipinski definition) is 1. The molecule has 1 unspecified atom stereocenters. The summed E-state index contributed by atoms with van der Waals surface area (Å²) in [5.74, 6) is 0.358. The molecule has 0 aromatic carbocycles. The van der Waals surface area contributed by atoms with Gasteiger partial charge in [-0.2, -0.15) is 0 Å². The number of carbonyl (C=O) groups excluding carboxylic acids is 2. The zero-order chi connectivity index (χ0) is 11.5. The van der Waals surface area contributed by atoms with Crippen LogP contribution >= 0.6 is 0 Å². The molecule has 1 amide bonds. The molecule has 2 fully saturated rings. The van der Waals surface area contributed by atoms with E-state index < -0.39 is 0 Å². The van der Waals surface area contributed by atoms with Gasteiger partial charge in [0, 0.05) is 12.5 Å². The van der Waals surface area contributed by atoms with Crippen LogP contribution in [0.4, 0.5) is 0 Å². The van der Waals surface area contributed by atoms with Crippen LogP contribution in [0, 0.1) is 0 Å². The molecule has 90 valence electrons. The van der Waals surface area contributed by atoms with Gasteiger partial charge in [-0.05, 0) is 32.7 Å². The van der Waals surface area contributed by atoms with E-state index in [1.807, 2.05) is 11.9 Å². The topological polar surface area (TPSA) is 49.4 Å². The average Bonchev–Trinajstić information content (AvgIpc) is 3.01. The van der Waals surface area contributed by atoms with Crippen molar-refractivity contribution >= 4 is 11.7 Å². The molecule has 0 aromatic heterocycles. The maximum atomic E-state index is 11.7. The van der Waals surface area contributed by atoms with Crippen LogP contribution in [0.1, 0.15) is 38.5 Å². The smallest absolute Gasteiger partial charge is 0.234 e. The Bertz CT molecular complexity index is 287. The molecule has 2 aliphatic carbocycles. The predicted octanol–water partition coefficient (Wildman–Crippen LogP) is 0.708. The Morgan fingerprint density at radius 2 is 2.12 bits per heavy atom. The minimum absolute atomic E-state index is 0.0290. The normalized spacial score (nSPS) is 25.9. The van der Waals surface area contributed by atoms with E-state index in [0.29, 0.717) is 24.8 Å².